The van der Waals surface area contributed by atoms with Gasteiger partial charge in [0.1, 0.15) is 0 Å². The van der Waals surface area contributed by atoms with Gasteiger partial charge in [-0.25, -0.2) is 0 Å². The van der Waals surface area contributed by atoms with Crippen LogP contribution in [-0.2, 0) is 10.8 Å². The number of rotatable bonds is 6. The zero-order chi connectivity index (χ0) is 26.7. The van der Waals surface area contributed by atoms with Crippen LogP contribution in [0.5, 0.6) is 0 Å². The molecule has 4 aliphatic carbocycles. The first kappa shape index (κ1) is 27.9. The topological polar surface area (TPSA) is 29.5 Å². The second kappa shape index (κ2) is 9.77. The van der Waals surface area contributed by atoms with Gasteiger partial charge >= 0.3 is 0 Å². The van der Waals surface area contributed by atoms with E-state index in [1.165, 1.54) is 50.5 Å². The lowest BCUT2D eigenvalue weighted by atomic mass is 9.44. The molecule has 0 amide bonds. The lowest BCUT2D eigenvalue weighted by molar-refractivity contribution is -0.155. The molecule has 0 heterocycles. The van der Waals surface area contributed by atoms with Crippen LogP contribution in [0.25, 0.3) is 0 Å². The molecule has 3 heteroatoms. The zero-order valence-corrected chi connectivity index (χ0v) is 26.1. The van der Waals surface area contributed by atoms with E-state index in [9.17, 15) is 5.11 Å². The highest BCUT2D eigenvalue weighted by molar-refractivity contribution is 6.74. The maximum atomic E-state index is 11.7. The number of hydrogen-bond donors (Lipinski definition) is 1. The van der Waals surface area contributed by atoms with E-state index in [2.05, 4.69) is 78.0 Å². The SMILES string of the molecule is CC(C)(C)[Si](C)(C)O[C@H]1CC[C@H]2[C@@H]3CCC4C[C@](O)(CCCc5ccccc5)CC[C@]4(C)[C@H]3CC[C@]12C. The summed E-state index contributed by atoms with van der Waals surface area (Å²) in [6.07, 6.45) is 15.0. The third-order valence-corrected chi connectivity index (χ3v) is 17.4. The van der Waals surface area contributed by atoms with Crippen molar-refractivity contribution in [1.82, 2.24) is 0 Å². The Labute approximate surface area is 229 Å². The Bertz CT molecular complexity index is 937. The van der Waals surface area contributed by atoms with Gasteiger partial charge in [0.2, 0.25) is 0 Å². The molecule has 4 saturated carbocycles. The second-order valence-corrected chi connectivity index (χ2v) is 20.7. The summed E-state index contributed by atoms with van der Waals surface area (Å²) in [5.74, 6) is 3.27. The maximum Gasteiger partial charge on any atom is 0.192 e. The smallest absolute Gasteiger partial charge is 0.192 e. The van der Waals surface area contributed by atoms with Gasteiger partial charge in [0.25, 0.3) is 0 Å². The lowest BCUT2D eigenvalue weighted by Gasteiger charge is -2.62. The first-order valence-electron chi connectivity index (χ1n) is 15.7. The monoisotopic (exact) mass is 524 g/mol. The molecule has 2 nitrogen and oxygen atoms in total. The first-order chi connectivity index (χ1) is 17.3. The Kier molecular flexibility index (Phi) is 7.37. The summed E-state index contributed by atoms with van der Waals surface area (Å²) in [7, 11) is -1.76. The van der Waals surface area contributed by atoms with E-state index in [0.29, 0.717) is 22.9 Å². The Balaban J connectivity index is 1.24. The van der Waals surface area contributed by atoms with Crippen molar-refractivity contribution in [3.63, 3.8) is 0 Å². The molecule has 0 spiro atoms. The minimum atomic E-state index is -1.76. The summed E-state index contributed by atoms with van der Waals surface area (Å²) in [6.45, 7) is 17.3. The van der Waals surface area contributed by atoms with Crippen molar-refractivity contribution in [3.8, 4) is 0 Å². The standard InChI is InChI=1S/C34H56O2Si/c1-31(2,3)37(6,7)36-30-18-17-28-27-16-15-26-24-34(35,20-11-14-25-12-9-8-10-13-25)23-22-32(26,4)29(27)19-21-33(28,30)5/h8-10,12-13,26-30,35H,11,14-24H2,1-7H3/t26?,27-,28-,29-,30-,32-,33-,34-/m0/s1. The molecule has 4 aliphatic rings. The van der Waals surface area contributed by atoms with Crippen molar-refractivity contribution in [2.24, 2.45) is 34.5 Å². The van der Waals surface area contributed by atoms with Crippen LogP contribution < -0.4 is 0 Å². The molecule has 1 aromatic carbocycles. The third-order valence-electron chi connectivity index (χ3n) is 12.9. The summed E-state index contributed by atoms with van der Waals surface area (Å²) in [5, 5.41) is 12.0. The van der Waals surface area contributed by atoms with E-state index in [4.69, 9.17) is 4.43 Å². The molecule has 0 radical (unpaired) electrons. The number of aliphatic hydroxyl groups is 1. The molecule has 8 atom stereocenters. The molecule has 5 rings (SSSR count). The van der Waals surface area contributed by atoms with E-state index in [0.717, 1.165) is 49.9 Å². The quantitative estimate of drug-likeness (QED) is 0.376. The Morgan fingerprint density at radius 3 is 2.30 bits per heavy atom. The van der Waals surface area contributed by atoms with Crippen molar-refractivity contribution in [2.45, 2.75) is 142 Å². The Hall–Kier alpha value is -0.643. The van der Waals surface area contributed by atoms with E-state index in [1.807, 2.05) is 0 Å². The average molecular weight is 525 g/mol. The van der Waals surface area contributed by atoms with Crippen LogP contribution in [0.3, 0.4) is 0 Å². The van der Waals surface area contributed by atoms with Crippen LogP contribution in [0.15, 0.2) is 30.3 Å². The molecule has 1 N–H and O–H groups in total. The number of hydrogen-bond acceptors (Lipinski definition) is 2. The summed E-state index contributed by atoms with van der Waals surface area (Å²) in [5.41, 5.74) is 1.76. The normalized spacial score (nSPS) is 42.1. The predicted octanol–water partition coefficient (Wildman–Crippen LogP) is 9.17. The highest BCUT2D eigenvalue weighted by atomic mass is 28.4. The molecule has 208 valence electrons. The van der Waals surface area contributed by atoms with Crippen LogP contribution >= 0.6 is 0 Å². The number of benzene rings is 1. The van der Waals surface area contributed by atoms with E-state index < -0.39 is 13.9 Å². The minimum Gasteiger partial charge on any atom is -0.413 e. The molecule has 4 fully saturated rings. The molecular formula is C34H56O2Si. The van der Waals surface area contributed by atoms with E-state index in [1.54, 1.807) is 0 Å². The van der Waals surface area contributed by atoms with Gasteiger partial charge in [-0.1, -0.05) is 65.0 Å². The van der Waals surface area contributed by atoms with Gasteiger partial charge in [0.15, 0.2) is 8.32 Å². The van der Waals surface area contributed by atoms with Crippen LogP contribution in [0.2, 0.25) is 18.1 Å². The van der Waals surface area contributed by atoms with Gasteiger partial charge in [-0.15, -0.1) is 0 Å². The van der Waals surface area contributed by atoms with Gasteiger partial charge in [-0.3, -0.25) is 0 Å². The lowest BCUT2D eigenvalue weighted by Crippen LogP contribution is -2.57. The van der Waals surface area contributed by atoms with E-state index >= 15 is 0 Å². The molecule has 1 unspecified atom stereocenters. The van der Waals surface area contributed by atoms with Crippen molar-refractivity contribution >= 4 is 8.32 Å². The summed E-state index contributed by atoms with van der Waals surface area (Å²) in [4.78, 5) is 0. The third kappa shape index (κ3) is 5.04. The van der Waals surface area contributed by atoms with Gasteiger partial charge < -0.3 is 9.53 Å². The van der Waals surface area contributed by atoms with Crippen molar-refractivity contribution in [1.29, 1.82) is 0 Å². The average Bonchev–Trinajstić information content (AvgIpc) is 3.15. The fourth-order valence-electron chi connectivity index (χ4n) is 9.49. The Morgan fingerprint density at radius 1 is 0.892 bits per heavy atom. The van der Waals surface area contributed by atoms with Crippen LogP contribution in [-0.4, -0.2) is 25.1 Å². The van der Waals surface area contributed by atoms with Crippen molar-refractivity contribution < 1.29 is 9.53 Å². The number of fused-ring (bicyclic) bond motifs is 5. The van der Waals surface area contributed by atoms with Crippen LogP contribution in [0, 0.1) is 34.5 Å². The molecular weight excluding hydrogens is 468 g/mol. The zero-order valence-electron chi connectivity index (χ0n) is 25.1. The molecule has 1 aromatic rings. The summed E-state index contributed by atoms with van der Waals surface area (Å²) < 4.78 is 7.15. The minimum absolute atomic E-state index is 0.282. The van der Waals surface area contributed by atoms with E-state index in [-0.39, 0.29) is 5.04 Å². The maximum absolute atomic E-state index is 11.7. The Morgan fingerprint density at radius 2 is 1.59 bits per heavy atom. The van der Waals surface area contributed by atoms with Crippen molar-refractivity contribution in [2.75, 3.05) is 0 Å². The molecule has 0 aliphatic heterocycles. The second-order valence-electron chi connectivity index (χ2n) is 15.9. The highest BCUT2D eigenvalue weighted by Crippen LogP contribution is 2.67. The molecule has 0 saturated heterocycles. The van der Waals surface area contributed by atoms with Crippen molar-refractivity contribution in [3.05, 3.63) is 35.9 Å². The predicted molar refractivity (Wildman–Crippen MR) is 158 cm³/mol. The number of aryl methyl sites for hydroxylation is 1. The van der Waals surface area contributed by atoms with Crippen LogP contribution in [0.1, 0.15) is 111 Å². The molecule has 0 aromatic heterocycles. The largest absolute Gasteiger partial charge is 0.413 e. The fraction of sp³-hybridized carbons (Fsp3) is 0.824. The van der Waals surface area contributed by atoms with Crippen LogP contribution in [0.4, 0.5) is 0 Å². The first-order valence-corrected chi connectivity index (χ1v) is 18.6. The molecule has 0 bridgehead atoms. The van der Waals surface area contributed by atoms with Gasteiger partial charge in [0, 0.05) is 0 Å². The molecule has 37 heavy (non-hydrogen) atoms. The summed E-state index contributed by atoms with van der Waals surface area (Å²) >= 11 is 0. The highest BCUT2D eigenvalue weighted by Gasteiger charge is 2.62. The van der Waals surface area contributed by atoms with Gasteiger partial charge in [-0.05, 0) is 135 Å². The summed E-state index contributed by atoms with van der Waals surface area (Å²) in [6, 6.07) is 10.8. The fourth-order valence-corrected chi connectivity index (χ4v) is 10.9. The van der Waals surface area contributed by atoms with Gasteiger partial charge in [0.05, 0.1) is 11.7 Å². The van der Waals surface area contributed by atoms with Gasteiger partial charge in [-0.2, -0.15) is 0 Å².